The van der Waals surface area contributed by atoms with Crippen molar-refractivity contribution in [2.24, 2.45) is 0 Å². The number of esters is 1. The van der Waals surface area contributed by atoms with Gasteiger partial charge in [-0.2, -0.15) is 5.26 Å². The summed E-state index contributed by atoms with van der Waals surface area (Å²) in [6.07, 6.45) is 3.71. The fourth-order valence-electron chi connectivity index (χ4n) is 2.07. The number of hydrogen-bond donors (Lipinski definition) is 0. The molecular formula is C17H24N2O2S. The number of hydrogen-bond acceptors (Lipinski definition) is 5. The van der Waals surface area contributed by atoms with E-state index in [9.17, 15) is 10.1 Å². The molecule has 1 heterocycles. The molecule has 120 valence electrons. The fourth-order valence-corrected chi connectivity index (χ4v) is 3.20. The molecule has 4 nitrogen and oxygen atoms in total. The van der Waals surface area contributed by atoms with Gasteiger partial charge in [-0.15, -0.1) is 0 Å². The lowest BCUT2D eigenvalue weighted by Gasteiger charge is -2.15. The first-order chi connectivity index (χ1) is 10.5. The predicted molar refractivity (Wildman–Crippen MR) is 88.8 cm³/mol. The van der Waals surface area contributed by atoms with Gasteiger partial charge in [-0.1, -0.05) is 38.5 Å². The van der Waals surface area contributed by atoms with Gasteiger partial charge in [0.05, 0.1) is 12.2 Å². The molecule has 0 aliphatic heterocycles. The summed E-state index contributed by atoms with van der Waals surface area (Å²) in [5.74, 6) is -0.214. The third kappa shape index (κ3) is 5.34. The maximum Gasteiger partial charge on any atom is 0.319 e. The second-order valence-corrected chi connectivity index (χ2v) is 6.45. The van der Waals surface area contributed by atoms with Gasteiger partial charge in [0, 0.05) is 5.69 Å². The summed E-state index contributed by atoms with van der Waals surface area (Å²) in [5.41, 5.74) is 2.29. The number of carbonyl (C=O) groups is 1. The highest BCUT2D eigenvalue weighted by Crippen LogP contribution is 2.29. The average molecular weight is 320 g/mol. The Morgan fingerprint density at radius 1 is 1.41 bits per heavy atom. The van der Waals surface area contributed by atoms with Gasteiger partial charge < -0.3 is 4.74 Å². The molecule has 0 radical (unpaired) electrons. The van der Waals surface area contributed by atoms with E-state index in [4.69, 9.17) is 4.74 Å². The monoisotopic (exact) mass is 320 g/mol. The minimum atomic E-state index is -0.317. The molecule has 1 aromatic heterocycles. The highest BCUT2D eigenvalue weighted by Gasteiger charge is 2.22. The van der Waals surface area contributed by atoms with Crippen molar-refractivity contribution in [3.8, 4) is 6.07 Å². The van der Waals surface area contributed by atoms with Crippen molar-refractivity contribution in [2.75, 3.05) is 6.61 Å². The van der Waals surface area contributed by atoms with Crippen molar-refractivity contribution in [3.05, 3.63) is 22.9 Å². The van der Waals surface area contributed by atoms with Gasteiger partial charge in [-0.3, -0.25) is 4.79 Å². The summed E-state index contributed by atoms with van der Waals surface area (Å²) in [5, 5.41) is 9.60. The largest absolute Gasteiger partial charge is 0.465 e. The Labute approximate surface area is 137 Å². The third-order valence-corrected chi connectivity index (χ3v) is 4.63. The van der Waals surface area contributed by atoms with Gasteiger partial charge in [-0.25, -0.2) is 4.98 Å². The van der Waals surface area contributed by atoms with E-state index in [2.05, 4.69) is 18.0 Å². The van der Waals surface area contributed by atoms with Crippen LogP contribution in [0.4, 0.5) is 0 Å². The first kappa shape index (κ1) is 18.5. The number of thioether (sulfide) groups is 1. The van der Waals surface area contributed by atoms with E-state index in [1.165, 1.54) is 11.8 Å². The van der Waals surface area contributed by atoms with E-state index in [0.29, 0.717) is 23.6 Å². The Balaban J connectivity index is 2.78. The lowest BCUT2D eigenvalue weighted by Crippen LogP contribution is -2.20. The quantitative estimate of drug-likeness (QED) is 0.408. The van der Waals surface area contributed by atoms with Crippen LogP contribution in [0, 0.1) is 25.2 Å². The van der Waals surface area contributed by atoms with E-state index in [1.807, 2.05) is 26.8 Å². The standard InChI is InChI=1S/C17H24N2O2S/c1-5-7-8-9-21-17(20)15(6-2)22-16-14(11-18)12(3)10-13(4)19-16/h10,15H,5-9H2,1-4H3. The molecule has 0 N–H and O–H groups in total. The van der Waals surface area contributed by atoms with Gasteiger partial charge in [-0.05, 0) is 38.3 Å². The molecule has 0 amide bonds. The van der Waals surface area contributed by atoms with E-state index < -0.39 is 0 Å². The first-order valence-electron chi connectivity index (χ1n) is 7.75. The Morgan fingerprint density at radius 2 is 2.14 bits per heavy atom. The van der Waals surface area contributed by atoms with Crippen LogP contribution in [0.2, 0.25) is 0 Å². The minimum Gasteiger partial charge on any atom is -0.465 e. The van der Waals surface area contributed by atoms with Crippen LogP contribution in [0.25, 0.3) is 0 Å². The number of pyridine rings is 1. The molecule has 22 heavy (non-hydrogen) atoms. The Hall–Kier alpha value is -1.54. The van der Waals surface area contributed by atoms with Gasteiger partial charge in [0.25, 0.3) is 0 Å². The average Bonchev–Trinajstić information content (AvgIpc) is 2.48. The van der Waals surface area contributed by atoms with Crippen LogP contribution in [-0.2, 0) is 9.53 Å². The molecule has 5 heteroatoms. The molecular weight excluding hydrogens is 296 g/mol. The van der Waals surface area contributed by atoms with Gasteiger partial charge in [0.1, 0.15) is 16.3 Å². The first-order valence-corrected chi connectivity index (χ1v) is 8.63. The SMILES string of the molecule is CCCCCOC(=O)C(CC)Sc1nc(C)cc(C)c1C#N. The van der Waals surface area contributed by atoms with Crippen molar-refractivity contribution in [1.82, 2.24) is 4.98 Å². The number of aromatic nitrogens is 1. The normalized spacial score (nSPS) is 11.8. The zero-order valence-corrected chi connectivity index (χ0v) is 14.6. The maximum atomic E-state index is 12.2. The van der Waals surface area contributed by atoms with Gasteiger partial charge in [0.15, 0.2) is 0 Å². The van der Waals surface area contributed by atoms with E-state index in [1.54, 1.807) is 0 Å². The molecule has 1 atom stereocenters. The molecule has 0 saturated carbocycles. The van der Waals surface area contributed by atoms with E-state index in [0.717, 1.165) is 30.5 Å². The zero-order valence-electron chi connectivity index (χ0n) is 13.8. The van der Waals surface area contributed by atoms with Crippen molar-refractivity contribution in [3.63, 3.8) is 0 Å². The van der Waals surface area contributed by atoms with E-state index >= 15 is 0 Å². The summed E-state index contributed by atoms with van der Waals surface area (Å²) in [6, 6.07) is 4.07. The molecule has 0 saturated heterocycles. The lowest BCUT2D eigenvalue weighted by atomic mass is 10.1. The molecule has 0 bridgehead atoms. The zero-order chi connectivity index (χ0) is 16.5. The second kappa shape index (κ2) is 9.47. The minimum absolute atomic E-state index is 0.214. The Kier molecular flexibility index (Phi) is 7.97. The van der Waals surface area contributed by atoms with Crippen LogP contribution in [0.3, 0.4) is 0 Å². The number of carbonyl (C=O) groups excluding carboxylic acids is 1. The van der Waals surface area contributed by atoms with Gasteiger partial charge in [0.2, 0.25) is 0 Å². The maximum absolute atomic E-state index is 12.2. The predicted octanol–water partition coefficient (Wildman–Crippen LogP) is 4.17. The summed E-state index contributed by atoms with van der Waals surface area (Å²) in [7, 11) is 0. The van der Waals surface area contributed by atoms with Crippen LogP contribution < -0.4 is 0 Å². The topological polar surface area (TPSA) is 63.0 Å². The smallest absolute Gasteiger partial charge is 0.319 e. The van der Waals surface area contributed by atoms with Crippen LogP contribution in [0.1, 0.15) is 56.4 Å². The lowest BCUT2D eigenvalue weighted by molar-refractivity contribution is -0.143. The molecule has 1 unspecified atom stereocenters. The molecule has 0 aromatic carbocycles. The number of aryl methyl sites for hydroxylation is 2. The van der Waals surface area contributed by atoms with E-state index in [-0.39, 0.29) is 11.2 Å². The third-order valence-electron chi connectivity index (χ3n) is 3.30. The number of rotatable bonds is 8. The second-order valence-electron chi connectivity index (χ2n) is 5.26. The van der Waals surface area contributed by atoms with Crippen LogP contribution >= 0.6 is 11.8 Å². The van der Waals surface area contributed by atoms with Crippen molar-refractivity contribution in [2.45, 2.75) is 63.7 Å². The summed E-state index contributed by atoms with van der Waals surface area (Å²) < 4.78 is 5.33. The highest BCUT2D eigenvalue weighted by atomic mass is 32.2. The van der Waals surface area contributed by atoms with Crippen LogP contribution in [-0.4, -0.2) is 22.8 Å². The summed E-state index contributed by atoms with van der Waals surface area (Å²) in [6.45, 7) is 8.31. The fraction of sp³-hybridized carbons (Fsp3) is 0.588. The number of ether oxygens (including phenoxy) is 1. The van der Waals surface area contributed by atoms with Crippen molar-refractivity contribution >= 4 is 17.7 Å². The highest BCUT2D eigenvalue weighted by molar-refractivity contribution is 8.00. The molecule has 0 fully saturated rings. The van der Waals surface area contributed by atoms with Crippen LogP contribution in [0.5, 0.6) is 0 Å². The molecule has 0 spiro atoms. The number of nitrogens with zero attached hydrogens (tertiary/aromatic N) is 2. The number of unbranched alkanes of at least 4 members (excludes halogenated alkanes) is 2. The summed E-state index contributed by atoms with van der Waals surface area (Å²) in [4.78, 5) is 16.6. The summed E-state index contributed by atoms with van der Waals surface area (Å²) >= 11 is 1.33. The van der Waals surface area contributed by atoms with Gasteiger partial charge >= 0.3 is 5.97 Å². The molecule has 0 aliphatic rings. The molecule has 1 rings (SSSR count). The van der Waals surface area contributed by atoms with Crippen LogP contribution in [0.15, 0.2) is 11.1 Å². The van der Waals surface area contributed by atoms with Crippen molar-refractivity contribution in [1.29, 1.82) is 5.26 Å². The Bertz CT molecular complexity index is 552. The molecule has 1 aromatic rings. The van der Waals surface area contributed by atoms with Crippen molar-refractivity contribution < 1.29 is 9.53 Å². The molecule has 0 aliphatic carbocycles. The Morgan fingerprint density at radius 3 is 2.73 bits per heavy atom. The number of nitriles is 1.